The van der Waals surface area contributed by atoms with Gasteiger partial charge in [0.25, 0.3) is 0 Å². The van der Waals surface area contributed by atoms with Crippen molar-refractivity contribution in [3.8, 4) is 11.1 Å². The molecule has 4 aromatic carbocycles. The number of hydrogen-bond acceptors (Lipinski definition) is 2. The minimum absolute atomic E-state index is 0.507. The summed E-state index contributed by atoms with van der Waals surface area (Å²) in [4.78, 5) is 0. The summed E-state index contributed by atoms with van der Waals surface area (Å²) in [6.07, 6.45) is 0. The summed E-state index contributed by atoms with van der Waals surface area (Å²) in [7, 11) is 0. The van der Waals surface area contributed by atoms with Gasteiger partial charge in [0.1, 0.15) is 0 Å². The van der Waals surface area contributed by atoms with Crippen molar-refractivity contribution in [1.29, 1.82) is 0 Å². The van der Waals surface area contributed by atoms with Gasteiger partial charge in [-0.05, 0) is 43.8 Å². The molecule has 0 aliphatic heterocycles. The van der Waals surface area contributed by atoms with Crippen LogP contribution in [0.15, 0.2) is 72.8 Å². The van der Waals surface area contributed by atoms with Gasteiger partial charge >= 0.3 is 0 Å². The van der Waals surface area contributed by atoms with Crippen molar-refractivity contribution >= 4 is 21.5 Å². The van der Waals surface area contributed by atoms with Crippen molar-refractivity contribution in [2.45, 2.75) is 13.1 Å². The second-order valence-electron chi connectivity index (χ2n) is 6.05. The molecule has 0 saturated heterocycles. The highest BCUT2D eigenvalue weighted by Gasteiger charge is 2.15. The fourth-order valence-electron chi connectivity index (χ4n) is 3.56. The van der Waals surface area contributed by atoms with Crippen molar-refractivity contribution in [1.82, 2.24) is 0 Å². The van der Waals surface area contributed by atoms with E-state index >= 15 is 0 Å². The average Bonchev–Trinajstić information content (AvgIpc) is 2.66. The fraction of sp³-hybridized carbons (Fsp3) is 0.0909. The fourth-order valence-corrected chi connectivity index (χ4v) is 3.56. The monoisotopic (exact) mass is 312 g/mol. The minimum atomic E-state index is 0.507. The Morgan fingerprint density at radius 3 is 1.33 bits per heavy atom. The normalized spacial score (nSPS) is 11.2. The summed E-state index contributed by atoms with van der Waals surface area (Å²) < 4.78 is 0. The molecule has 0 fully saturated rings. The van der Waals surface area contributed by atoms with Crippen LogP contribution in [0.4, 0.5) is 0 Å². The molecule has 24 heavy (non-hydrogen) atoms. The van der Waals surface area contributed by atoms with Crippen LogP contribution in [0.1, 0.15) is 11.1 Å². The topological polar surface area (TPSA) is 52.0 Å². The molecule has 0 bridgehead atoms. The SMILES string of the molecule is NCc1ccc2ccccc2c1-c1c(CN)ccc2ccccc12. The lowest BCUT2D eigenvalue weighted by Gasteiger charge is -2.18. The zero-order valence-corrected chi connectivity index (χ0v) is 13.5. The van der Waals surface area contributed by atoms with E-state index in [0.29, 0.717) is 13.1 Å². The van der Waals surface area contributed by atoms with Gasteiger partial charge in [0.15, 0.2) is 0 Å². The Balaban J connectivity index is 2.21. The summed E-state index contributed by atoms with van der Waals surface area (Å²) in [5.41, 5.74) is 16.9. The van der Waals surface area contributed by atoms with Gasteiger partial charge in [0.05, 0.1) is 0 Å². The maximum atomic E-state index is 6.08. The lowest BCUT2D eigenvalue weighted by molar-refractivity contribution is 1.06. The van der Waals surface area contributed by atoms with Crippen LogP contribution in [0.3, 0.4) is 0 Å². The van der Waals surface area contributed by atoms with E-state index in [4.69, 9.17) is 11.5 Å². The minimum Gasteiger partial charge on any atom is -0.326 e. The molecular formula is C22H20N2. The Labute approximate surface area is 141 Å². The molecule has 0 atom stereocenters. The molecule has 4 N–H and O–H groups in total. The first-order chi connectivity index (χ1) is 11.8. The number of nitrogens with two attached hydrogens (primary N) is 2. The number of fused-ring (bicyclic) bond motifs is 2. The van der Waals surface area contributed by atoms with Gasteiger partial charge in [-0.1, -0.05) is 72.8 Å². The highest BCUT2D eigenvalue weighted by Crippen LogP contribution is 2.38. The molecule has 0 aliphatic rings. The quantitative estimate of drug-likeness (QED) is 0.582. The third kappa shape index (κ3) is 2.28. The van der Waals surface area contributed by atoms with E-state index in [1.54, 1.807) is 0 Å². The highest BCUT2D eigenvalue weighted by molar-refractivity contribution is 6.07. The maximum absolute atomic E-state index is 6.08. The summed E-state index contributed by atoms with van der Waals surface area (Å²) in [5, 5.41) is 4.90. The van der Waals surface area contributed by atoms with Gasteiger partial charge in [-0.2, -0.15) is 0 Å². The van der Waals surface area contributed by atoms with Crippen LogP contribution in [-0.4, -0.2) is 0 Å². The lowest BCUT2D eigenvalue weighted by atomic mass is 9.87. The second kappa shape index (κ2) is 6.08. The van der Waals surface area contributed by atoms with E-state index in [1.807, 2.05) is 0 Å². The molecule has 0 heterocycles. The van der Waals surface area contributed by atoms with Crippen molar-refractivity contribution in [2.24, 2.45) is 11.5 Å². The van der Waals surface area contributed by atoms with Gasteiger partial charge in [-0.15, -0.1) is 0 Å². The summed E-state index contributed by atoms with van der Waals surface area (Å²) >= 11 is 0. The molecule has 0 saturated carbocycles. The third-order valence-corrected chi connectivity index (χ3v) is 4.72. The van der Waals surface area contributed by atoms with E-state index < -0.39 is 0 Å². The molecule has 4 rings (SSSR count). The Morgan fingerprint density at radius 1 is 0.500 bits per heavy atom. The number of rotatable bonds is 3. The molecule has 0 unspecified atom stereocenters. The zero-order chi connectivity index (χ0) is 16.5. The standard InChI is InChI=1S/C22H20N2/c23-13-17-11-9-15-5-1-3-7-19(15)21(17)22-18(14-24)12-10-16-6-2-4-8-20(16)22/h1-12H,13-14,23-24H2. The number of hydrogen-bond donors (Lipinski definition) is 2. The largest absolute Gasteiger partial charge is 0.326 e. The molecule has 0 aliphatic carbocycles. The molecule has 0 spiro atoms. The van der Waals surface area contributed by atoms with Gasteiger partial charge in [0.2, 0.25) is 0 Å². The van der Waals surface area contributed by atoms with E-state index in [9.17, 15) is 0 Å². The molecule has 2 nitrogen and oxygen atoms in total. The summed E-state index contributed by atoms with van der Waals surface area (Å²) in [6, 6.07) is 25.5. The predicted molar refractivity (Wildman–Crippen MR) is 103 cm³/mol. The molecule has 0 amide bonds. The Bertz CT molecular complexity index is 949. The van der Waals surface area contributed by atoms with Gasteiger partial charge in [0, 0.05) is 13.1 Å². The van der Waals surface area contributed by atoms with Crippen molar-refractivity contribution in [2.75, 3.05) is 0 Å². The molecule has 4 aromatic rings. The van der Waals surface area contributed by atoms with Crippen molar-refractivity contribution < 1.29 is 0 Å². The van der Waals surface area contributed by atoms with Crippen LogP contribution in [0.25, 0.3) is 32.7 Å². The first-order valence-electron chi connectivity index (χ1n) is 8.25. The van der Waals surface area contributed by atoms with E-state index in [-0.39, 0.29) is 0 Å². The third-order valence-electron chi connectivity index (χ3n) is 4.72. The van der Waals surface area contributed by atoms with Crippen LogP contribution >= 0.6 is 0 Å². The van der Waals surface area contributed by atoms with Gasteiger partial charge in [-0.25, -0.2) is 0 Å². The molecule has 118 valence electrons. The summed E-state index contributed by atoms with van der Waals surface area (Å²) in [6.45, 7) is 1.01. The van der Waals surface area contributed by atoms with E-state index in [0.717, 1.165) is 11.1 Å². The van der Waals surface area contributed by atoms with Gasteiger partial charge < -0.3 is 11.5 Å². The maximum Gasteiger partial charge on any atom is 0.0184 e. The molecule has 0 aromatic heterocycles. The first kappa shape index (κ1) is 14.9. The van der Waals surface area contributed by atoms with Crippen LogP contribution in [0.5, 0.6) is 0 Å². The van der Waals surface area contributed by atoms with Gasteiger partial charge in [-0.3, -0.25) is 0 Å². The van der Waals surface area contributed by atoms with Crippen LogP contribution in [0, 0.1) is 0 Å². The van der Waals surface area contributed by atoms with Crippen LogP contribution in [-0.2, 0) is 13.1 Å². The first-order valence-corrected chi connectivity index (χ1v) is 8.25. The molecule has 0 radical (unpaired) electrons. The Morgan fingerprint density at radius 2 is 0.917 bits per heavy atom. The number of benzene rings is 4. The van der Waals surface area contributed by atoms with Crippen molar-refractivity contribution in [3.05, 3.63) is 83.9 Å². The summed E-state index contributed by atoms with van der Waals surface area (Å²) in [5.74, 6) is 0. The van der Waals surface area contributed by atoms with E-state index in [2.05, 4.69) is 72.8 Å². The molecular weight excluding hydrogens is 292 g/mol. The molecule has 2 heteroatoms. The van der Waals surface area contributed by atoms with Crippen LogP contribution < -0.4 is 11.5 Å². The zero-order valence-electron chi connectivity index (χ0n) is 13.5. The Hall–Kier alpha value is -2.68. The predicted octanol–water partition coefficient (Wildman–Crippen LogP) is 4.58. The average molecular weight is 312 g/mol. The van der Waals surface area contributed by atoms with Crippen LogP contribution in [0.2, 0.25) is 0 Å². The lowest BCUT2D eigenvalue weighted by Crippen LogP contribution is -2.04. The Kier molecular flexibility index (Phi) is 3.77. The highest BCUT2D eigenvalue weighted by atomic mass is 14.5. The van der Waals surface area contributed by atoms with Crippen molar-refractivity contribution in [3.63, 3.8) is 0 Å². The van der Waals surface area contributed by atoms with E-state index in [1.165, 1.54) is 32.7 Å². The second-order valence-corrected chi connectivity index (χ2v) is 6.05. The smallest absolute Gasteiger partial charge is 0.0184 e.